The molecule has 5 heteroatoms. The fraction of sp³-hybridized carbons (Fsp3) is 1.00. The smallest absolute Gasteiger partial charge is 0.213 e. The number of aliphatic hydroxyl groups excluding tert-OH is 2. The number of aliphatic hydroxyl groups is 4. The summed E-state index contributed by atoms with van der Waals surface area (Å²) in [4.78, 5) is 1.21. The van der Waals surface area contributed by atoms with Gasteiger partial charge in [0.1, 0.15) is 0 Å². The Morgan fingerprint density at radius 3 is 1.83 bits per heavy atom. The minimum atomic E-state index is -1.57. The maximum Gasteiger partial charge on any atom is 0.213 e. The Hall–Kier alpha value is -0.200. The van der Waals surface area contributed by atoms with E-state index in [2.05, 4.69) is 0 Å². The first-order valence-corrected chi connectivity index (χ1v) is 3.70. The Morgan fingerprint density at radius 2 is 1.58 bits per heavy atom. The second-order valence-corrected chi connectivity index (χ2v) is 3.62. The van der Waals surface area contributed by atoms with Gasteiger partial charge in [0.25, 0.3) is 0 Å². The molecule has 74 valence electrons. The average molecular weight is 179 g/mol. The summed E-state index contributed by atoms with van der Waals surface area (Å²) in [5.41, 5.74) is -0.779. The number of nitrogens with zero attached hydrogens (tertiary/aromatic N) is 1. The van der Waals surface area contributed by atoms with E-state index in [0.29, 0.717) is 0 Å². The monoisotopic (exact) mass is 179 g/mol. The van der Waals surface area contributed by atoms with Crippen molar-refractivity contribution in [3.05, 3.63) is 0 Å². The van der Waals surface area contributed by atoms with Crippen LogP contribution in [0.15, 0.2) is 0 Å². The molecule has 0 aliphatic rings. The van der Waals surface area contributed by atoms with E-state index < -0.39 is 18.1 Å². The third-order valence-corrected chi connectivity index (χ3v) is 1.75. The molecule has 5 nitrogen and oxygen atoms in total. The zero-order valence-electron chi connectivity index (χ0n) is 7.60. The van der Waals surface area contributed by atoms with Crippen LogP contribution in [0.5, 0.6) is 0 Å². The predicted octanol–water partition coefficient (Wildman–Crippen LogP) is -1.48. The standard InChI is InChI=1S/C7H17NO4/c1-7(2,5(9)10)4-8(3)6(11)12/h5-6,9-12H,4H2,1-3H3. The van der Waals surface area contributed by atoms with Crippen LogP contribution in [0.2, 0.25) is 0 Å². The summed E-state index contributed by atoms with van der Waals surface area (Å²) < 4.78 is 0. The molecule has 4 N–H and O–H groups in total. The summed E-state index contributed by atoms with van der Waals surface area (Å²) in [5, 5.41) is 35.1. The molecule has 12 heavy (non-hydrogen) atoms. The molecule has 0 aliphatic heterocycles. The van der Waals surface area contributed by atoms with Crippen LogP contribution in [-0.2, 0) is 0 Å². The van der Waals surface area contributed by atoms with Gasteiger partial charge in [0.05, 0.1) is 0 Å². The van der Waals surface area contributed by atoms with Gasteiger partial charge >= 0.3 is 0 Å². The van der Waals surface area contributed by atoms with Crippen LogP contribution in [0.25, 0.3) is 0 Å². The van der Waals surface area contributed by atoms with E-state index in [-0.39, 0.29) is 6.54 Å². The van der Waals surface area contributed by atoms with Crippen molar-refractivity contribution in [2.75, 3.05) is 13.6 Å². The van der Waals surface area contributed by atoms with Crippen molar-refractivity contribution in [2.24, 2.45) is 5.41 Å². The summed E-state index contributed by atoms with van der Waals surface area (Å²) in [6, 6.07) is 0. The lowest BCUT2D eigenvalue weighted by atomic mass is 9.92. The number of rotatable bonds is 4. The second-order valence-electron chi connectivity index (χ2n) is 3.62. The Bertz CT molecular complexity index is 135. The molecule has 0 aromatic carbocycles. The largest absolute Gasteiger partial charge is 0.368 e. The van der Waals surface area contributed by atoms with Crippen molar-refractivity contribution < 1.29 is 20.4 Å². The SMILES string of the molecule is CN(CC(C)(C)C(O)O)C(O)O. The van der Waals surface area contributed by atoms with Gasteiger partial charge in [-0.15, -0.1) is 0 Å². The normalized spacial score (nSPS) is 13.5. The van der Waals surface area contributed by atoms with E-state index in [9.17, 15) is 0 Å². The van der Waals surface area contributed by atoms with E-state index in [1.54, 1.807) is 13.8 Å². The Morgan fingerprint density at radius 1 is 1.17 bits per heavy atom. The van der Waals surface area contributed by atoms with Gasteiger partial charge in [0.2, 0.25) is 6.41 Å². The van der Waals surface area contributed by atoms with Gasteiger partial charge in [-0.3, -0.25) is 4.90 Å². The van der Waals surface area contributed by atoms with Crippen LogP contribution >= 0.6 is 0 Å². The third-order valence-electron chi connectivity index (χ3n) is 1.75. The maximum atomic E-state index is 8.88. The molecule has 0 radical (unpaired) electrons. The molecule has 0 bridgehead atoms. The van der Waals surface area contributed by atoms with Crippen molar-refractivity contribution in [3.8, 4) is 0 Å². The first-order chi connectivity index (χ1) is 5.27. The summed E-state index contributed by atoms with van der Waals surface area (Å²) in [6.07, 6.45) is -3.04. The molecular formula is C7H17NO4. The maximum absolute atomic E-state index is 8.88. The van der Waals surface area contributed by atoms with Gasteiger partial charge in [-0.1, -0.05) is 13.8 Å². The second kappa shape index (κ2) is 4.15. The Kier molecular flexibility index (Phi) is 4.09. The predicted molar refractivity (Wildman–Crippen MR) is 42.9 cm³/mol. The topological polar surface area (TPSA) is 84.2 Å². The summed E-state index contributed by atoms with van der Waals surface area (Å²) in [7, 11) is 1.48. The van der Waals surface area contributed by atoms with E-state index >= 15 is 0 Å². The lowest BCUT2D eigenvalue weighted by Crippen LogP contribution is -2.43. The quantitative estimate of drug-likeness (QED) is 0.396. The fourth-order valence-electron chi connectivity index (χ4n) is 0.806. The highest BCUT2D eigenvalue weighted by Gasteiger charge is 2.28. The van der Waals surface area contributed by atoms with Crippen LogP contribution in [-0.4, -0.2) is 51.6 Å². The highest BCUT2D eigenvalue weighted by Crippen LogP contribution is 2.20. The molecule has 0 amide bonds. The van der Waals surface area contributed by atoms with E-state index in [1.165, 1.54) is 11.9 Å². The average Bonchev–Trinajstić information content (AvgIpc) is 1.85. The molecule has 0 saturated heterocycles. The Balaban J connectivity index is 4.05. The van der Waals surface area contributed by atoms with Crippen molar-refractivity contribution >= 4 is 0 Å². The fourth-order valence-corrected chi connectivity index (χ4v) is 0.806. The number of hydrogen-bond donors (Lipinski definition) is 4. The first kappa shape index (κ1) is 11.8. The van der Waals surface area contributed by atoms with Crippen molar-refractivity contribution in [1.82, 2.24) is 4.90 Å². The van der Waals surface area contributed by atoms with Gasteiger partial charge in [0.15, 0.2) is 6.29 Å². The van der Waals surface area contributed by atoms with Crippen LogP contribution < -0.4 is 0 Å². The molecule has 0 saturated carbocycles. The molecule has 0 rings (SSSR count). The van der Waals surface area contributed by atoms with Crippen molar-refractivity contribution in [2.45, 2.75) is 26.6 Å². The Labute approximate surface area is 71.9 Å². The van der Waals surface area contributed by atoms with Crippen LogP contribution in [0.1, 0.15) is 13.8 Å². The molecule has 0 aromatic rings. The molecule has 0 spiro atoms. The van der Waals surface area contributed by atoms with Crippen LogP contribution in [0.4, 0.5) is 0 Å². The lowest BCUT2D eigenvalue weighted by molar-refractivity contribution is -0.181. The molecule has 0 aromatic heterocycles. The highest BCUT2D eigenvalue weighted by molar-refractivity contribution is 4.73. The molecule has 0 atom stereocenters. The first-order valence-electron chi connectivity index (χ1n) is 3.70. The van der Waals surface area contributed by atoms with E-state index in [1.807, 2.05) is 0 Å². The van der Waals surface area contributed by atoms with Gasteiger partial charge in [-0.25, -0.2) is 0 Å². The summed E-state index contributed by atoms with van der Waals surface area (Å²) >= 11 is 0. The third kappa shape index (κ3) is 3.46. The molecule has 0 aliphatic carbocycles. The molecular weight excluding hydrogens is 162 g/mol. The van der Waals surface area contributed by atoms with Gasteiger partial charge in [-0.2, -0.15) is 0 Å². The molecule has 0 unspecified atom stereocenters. The minimum Gasteiger partial charge on any atom is -0.368 e. The van der Waals surface area contributed by atoms with Gasteiger partial charge < -0.3 is 20.4 Å². The zero-order valence-corrected chi connectivity index (χ0v) is 7.60. The lowest BCUT2D eigenvalue weighted by Gasteiger charge is -2.32. The van der Waals surface area contributed by atoms with E-state index in [4.69, 9.17) is 20.4 Å². The summed E-state index contributed by atoms with van der Waals surface area (Å²) in [5.74, 6) is 0. The van der Waals surface area contributed by atoms with Crippen LogP contribution in [0, 0.1) is 5.41 Å². The molecule has 0 heterocycles. The van der Waals surface area contributed by atoms with E-state index in [0.717, 1.165) is 0 Å². The van der Waals surface area contributed by atoms with Crippen LogP contribution in [0.3, 0.4) is 0 Å². The van der Waals surface area contributed by atoms with Gasteiger partial charge in [0, 0.05) is 12.0 Å². The van der Waals surface area contributed by atoms with Gasteiger partial charge in [-0.05, 0) is 7.05 Å². The molecule has 0 fully saturated rings. The van der Waals surface area contributed by atoms with Crippen molar-refractivity contribution in [3.63, 3.8) is 0 Å². The minimum absolute atomic E-state index is 0.183. The van der Waals surface area contributed by atoms with Crippen molar-refractivity contribution in [1.29, 1.82) is 0 Å². The highest BCUT2D eigenvalue weighted by atomic mass is 16.5. The zero-order chi connectivity index (χ0) is 9.94. The summed E-state index contributed by atoms with van der Waals surface area (Å²) in [6.45, 7) is 3.43. The number of hydrogen-bond acceptors (Lipinski definition) is 5.